The number of nitrogens with zero attached hydrogens (tertiary/aromatic N) is 2. The molecule has 1 aromatic heterocycles. The maximum Gasteiger partial charge on any atom is 0.247 e. The largest absolute Gasteiger partial charge is 0.418 e. The lowest BCUT2D eigenvalue weighted by Gasteiger charge is -2.17. The number of halogens is 3. The van der Waals surface area contributed by atoms with Crippen molar-refractivity contribution in [2.24, 2.45) is 0 Å². The molecule has 0 aliphatic carbocycles. The first-order chi connectivity index (χ1) is 13.6. The molecule has 7 heteroatoms. The van der Waals surface area contributed by atoms with E-state index in [2.05, 4.69) is 15.5 Å². The molecule has 0 amide bonds. The summed E-state index contributed by atoms with van der Waals surface area (Å²) in [7, 11) is 0. The monoisotopic (exact) mass is 413 g/mol. The van der Waals surface area contributed by atoms with Crippen LogP contribution in [-0.2, 0) is 0 Å². The number of nitrogens with one attached hydrogen (secondary N) is 1. The first-order valence-electron chi connectivity index (χ1n) is 8.46. The van der Waals surface area contributed by atoms with Crippen LogP contribution in [0.3, 0.4) is 0 Å². The second kappa shape index (κ2) is 8.00. The van der Waals surface area contributed by atoms with Crippen molar-refractivity contribution in [2.75, 3.05) is 5.32 Å². The smallest absolute Gasteiger partial charge is 0.247 e. The van der Waals surface area contributed by atoms with E-state index in [0.29, 0.717) is 22.5 Å². The zero-order valence-corrected chi connectivity index (χ0v) is 16.0. The van der Waals surface area contributed by atoms with Crippen LogP contribution in [0.5, 0.6) is 0 Å². The molecule has 0 aliphatic heterocycles. The quantitative estimate of drug-likeness (QED) is 0.412. The Kier molecular flexibility index (Phi) is 5.28. The maximum atomic E-state index is 13.5. The van der Waals surface area contributed by atoms with Gasteiger partial charge in [0.15, 0.2) is 0 Å². The predicted octanol–water partition coefficient (Wildman–Crippen LogP) is 6.38. The first-order valence-corrected chi connectivity index (χ1v) is 9.21. The van der Waals surface area contributed by atoms with Gasteiger partial charge in [-0.2, -0.15) is 0 Å². The fourth-order valence-electron chi connectivity index (χ4n) is 2.77. The van der Waals surface area contributed by atoms with Gasteiger partial charge in [0.25, 0.3) is 0 Å². The summed E-state index contributed by atoms with van der Waals surface area (Å²) in [5.41, 5.74) is 2.24. The molecule has 1 N–H and O–H groups in total. The van der Waals surface area contributed by atoms with Gasteiger partial charge in [0, 0.05) is 16.3 Å². The summed E-state index contributed by atoms with van der Waals surface area (Å²) in [4.78, 5) is 0. The second-order valence-electron chi connectivity index (χ2n) is 6.07. The van der Waals surface area contributed by atoms with Crippen molar-refractivity contribution < 1.29 is 8.81 Å². The molecule has 1 atom stereocenters. The van der Waals surface area contributed by atoms with Crippen molar-refractivity contribution in [2.45, 2.75) is 6.04 Å². The van der Waals surface area contributed by atoms with E-state index in [1.807, 2.05) is 42.5 Å². The Labute approximate surface area is 170 Å². The van der Waals surface area contributed by atoms with Gasteiger partial charge in [0.2, 0.25) is 11.8 Å². The molecular formula is C21H14Cl2FN3O. The van der Waals surface area contributed by atoms with Gasteiger partial charge in [0.05, 0.1) is 5.02 Å². The highest BCUT2D eigenvalue weighted by Gasteiger charge is 2.22. The Morgan fingerprint density at radius 2 is 1.71 bits per heavy atom. The Bertz CT molecular complexity index is 1100. The lowest BCUT2D eigenvalue weighted by atomic mass is 10.1. The van der Waals surface area contributed by atoms with Gasteiger partial charge >= 0.3 is 0 Å². The van der Waals surface area contributed by atoms with E-state index >= 15 is 0 Å². The molecule has 4 aromatic rings. The van der Waals surface area contributed by atoms with Gasteiger partial charge in [-0.1, -0.05) is 53.5 Å². The summed E-state index contributed by atoms with van der Waals surface area (Å²) < 4.78 is 19.4. The minimum Gasteiger partial charge on any atom is -0.418 e. The standard InChI is InChI=1S/C21H14Cl2FN3O/c22-15-8-4-7-14(11-15)19(25-16-9-10-18(24)17(23)12-16)21-27-26-20(28-21)13-5-2-1-3-6-13/h1-12,19,25H. The minimum atomic E-state index is -0.495. The zero-order chi connectivity index (χ0) is 19.5. The number of anilines is 1. The summed E-state index contributed by atoms with van der Waals surface area (Å²) in [6, 6.07) is 20.7. The van der Waals surface area contributed by atoms with Crippen molar-refractivity contribution in [1.82, 2.24) is 10.2 Å². The van der Waals surface area contributed by atoms with Crippen LogP contribution >= 0.6 is 23.2 Å². The molecule has 0 saturated heterocycles. The molecule has 28 heavy (non-hydrogen) atoms. The molecule has 1 heterocycles. The van der Waals surface area contributed by atoms with Crippen molar-refractivity contribution in [3.8, 4) is 11.5 Å². The average molecular weight is 414 g/mol. The van der Waals surface area contributed by atoms with E-state index in [1.165, 1.54) is 12.1 Å². The van der Waals surface area contributed by atoms with Crippen LogP contribution in [-0.4, -0.2) is 10.2 Å². The third-order valence-corrected chi connectivity index (χ3v) is 4.65. The average Bonchev–Trinajstić information content (AvgIpc) is 3.19. The SMILES string of the molecule is Fc1ccc(NC(c2cccc(Cl)c2)c2nnc(-c3ccccc3)o2)cc1Cl. The normalized spacial score (nSPS) is 12.0. The molecule has 0 spiro atoms. The van der Waals surface area contributed by atoms with Gasteiger partial charge in [-0.3, -0.25) is 0 Å². The lowest BCUT2D eigenvalue weighted by Crippen LogP contribution is -2.13. The van der Waals surface area contributed by atoms with Crippen LogP contribution in [0.25, 0.3) is 11.5 Å². The zero-order valence-electron chi connectivity index (χ0n) is 14.4. The highest BCUT2D eigenvalue weighted by Crippen LogP contribution is 2.31. The molecule has 0 saturated carbocycles. The summed E-state index contributed by atoms with van der Waals surface area (Å²) in [6.07, 6.45) is 0. The van der Waals surface area contributed by atoms with Crippen molar-refractivity contribution in [3.63, 3.8) is 0 Å². The molecule has 4 nitrogen and oxygen atoms in total. The third kappa shape index (κ3) is 4.01. The fourth-order valence-corrected chi connectivity index (χ4v) is 3.15. The van der Waals surface area contributed by atoms with Gasteiger partial charge in [-0.05, 0) is 48.0 Å². The Morgan fingerprint density at radius 1 is 0.893 bits per heavy atom. The highest BCUT2D eigenvalue weighted by atomic mass is 35.5. The number of benzene rings is 3. The van der Waals surface area contributed by atoms with E-state index in [-0.39, 0.29) is 5.02 Å². The topological polar surface area (TPSA) is 51.0 Å². The molecule has 0 aliphatic rings. The maximum absolute atomic E-state index is 13.5. The van der Waals surface area contributed by atoms with Gasteiger partial charge in [0.1, 0.15) is 11.9 Å². The summed E-state index contributed by atoms with van der Waals surface area (Å²) in [6.45, 7) is 0. The van der Waals surface area contributed by atoms with Gasteiger partial charge in [-0.15, -0.1) is 10.2 Å². The van der Waals surface area contributed by atoms with E-state index in [0.717, 1.165) is 11.1 Å². The summed E-state index contributed by atoms with van der Waals surface area (Å²) in [5.74, 6) is 0.263. The van der Waals surface area contributed by atoms with Crippen molar-refractivity contribution in [1.29, 1.82) is 0 Å². The van der Waals surface area contributed by atoms with Crippen LogP contribution in [0.1, 0.15) is 17.5 Å². The molecule has 0 radical (unpaired) electrons. The Hall–Kier alpha value is -2.89. The molecule has 0 bridgehead atoms. The molecule has 1 unspecified atom stereocenters. The van der Waals surface area contributed by atoms with Crippen molar-refractivity contribution in [3.05, 3.63) is 100 Å². The van der Waals surface area contributed by atoms with Gasteiger partial charge < -0.3 is 9.73 Å². The van der Waals surface area contributed by atoms with Crippen LogP contribution in [0.15, 0.2) is 77.2 Å². The van der Waals surface area contributed by atoms with Crippen LogP contribution < -0.4 is 5.32 Å². The van der Waals surface area contributed by atoms with Crippen LogP contribution in [0, 0.1) is 5.82 Å². The number of hydrogen-bond donors (Lipinski definition) is 1. The highest BCUT2D eigenvalue weighted by molar-refractivity contribution is 6.31. The second-order valence-corrected chi connectivity index (χ2v) is 6.92. The number of aromatic nitrogens is 2. The van der Waals surface area contributed by atoms with E-state index < -0.39 is 11.9 Å². The summed E-state index contributed by atoms with van der Waals surface area (Å²) >= 11 is 12.1. The van der Waals surface area contributed by atoms with Crippen molar-refractivity contribution >= 4 is 28.9 Å². The fraction of sp³-hybridized carbons (Fsp3) is 0.0476. The number of rotatable bonds is 5. The Morgan fingerprint density at radius 3 is 2.46 bits per heavy atom. The van der Waals surface area contributed by atoms with E-state index in [1.54, 1.807) is 18.2 Å². The van der Waals surface area contributed by atoms with Crippen LogP contribution in [0.4, 0.5) is 10.1 Å². The van der Waals surface area contributed by atoms with Gasteiger partial charge in [-0.25, -0.2) is 4.39 Å². The van der Waals surface area contributed by atoms with E-state index in [9.17, 15) is 4.39 Å². The Balaban J connectivity index is 1.73. The molecule has 3 aromatic carbocycles. The molecule has 4 rings (SSSR count). The molecule has 0 fully saturated rings. The first kappa shape index (κ1) is 18.5. The molecular weight excluding hydrogens is 400 g/mol. The van der Waals surface area contributed by atoms with E-state index in [4.69, 9.17) is 27.6 Å². The minimum absolute atomic E-state index is 0.0188. The summed E-state index contributed by atoms with van der Waals surface area (Å²) in [5, 5.41) is 12.2. The number of hydrogen-bond acceptors (Lipinski definition) is 4. The third-order valence-electron chi connectivity index (χ3n) is 4.12. The lowest BCUT2D eigenvalue weighted by molar-refractivity contribution is 0.494. The predicted molar refractivity (Wildman–Crippen MR) is 108 cm³/mol. The van der Waals surface area contributed by atoms with Crippen LogP contribution in [0.2, 0.25) is 10.0 Å². The molecule has 140 valence electrons.